The van der Waals surface area contributed by atoms with Gasteiger partial charge in [-0.05, 0) is 13.8 Å². The second-order valence-corrected chi connectivity index (χ2v) is 3.98. The van der Waals surface area contributed by atoms with E-state index in [2.05, 4.69) is 5.14 Å². The number of hydrogen-bond donors (Lipinski definition) is 4. The van der Waals surface area contributed by atoms with Crippen LogP contribution >= 0.6 is 0 Å². The molecule has 11 heavy (non-hydrogen) atoms. The molecule has 0 saturated carbocycles. The van der Waals surface area contributed by atoms with Gasteiger partial charge in [0.2, 0.25) is 0 Å². The van der Waals surface area contributed by atoms with Crippen molar-refractivity contribution in [1.82, 2.24) is 4.72 Å². The predicted molar refractivity (Wildman–Crippen MR) is 42.2 cm³/mol. The minimum Gasteiger partial charge on any atom is -0.386 e. The second kappa shape index (κ2) is 2.76. The lowest BCUT2D eigenvalue weighted by molar-refractivity contribution is 0.543. The summed E-state index contributed by atoms with van der Waals surface area (Å²) in [6, 6.07) is 0. The van der Waals surface area contributed by atoms with Crippen LogP contribution in [0.5, 0.6) is 0 Å². The van der Waals surface area contributed by atoms with E-state index in [1.807, 2.05) is 4.72 Å². The van der Waals surface area contributed by atoms with Gasteiger partial charge >= 0.3 is 0 Å². The number of hydrogen-bond acceptors (Lipinski definition) is 3. The summed E-state index contributed by atoms with van der Waals surface area (Å²) in [6.07, 6.45) is 0. The first kappa shape index (κ1) is 10.3. The molecular formula is C4H12N4O2S. The standard InChI is InChI=1S/C4H12N4O2S/c1-4(2,3(5)6)8-11(7,9)10/h8H,1-2H3,(H3,5,6)(H2,7,9,10). The lowest BCUT2D eigenvalue weighted by Crippen LogP contribution is -2.54. The average molecular weight is 180 g/mol. The molecule has 0 bridgehead atoms. The van der Waals surface area contributed by atoms with Crippen molar-refractivity contribution >= 4 is 16.0 Å². The van der Waals surface area contributed by atoms with E-state index < -0.39 is 15.7 Å². The van der Waals surface area contributed by atoms with E-state index in [0.717, 1.165) is 0 Å². The van der Waals surface area contributed by atoms with Crippen molar-refractivity contribution in [2.45, 2.75) is 19.4 Å². The highest BCUT2D eigenvalue weighted by molar-refractivity contribution is 7.87. The normalized spacial score (nSPS) is 13.0. The summed E-state index contributed by atoms with van der Waals surface area (Å²) in [5.41, 5.74) is 3.96. The summed E-state index contributed by atoms with van der Waals surface area (Å²) >= 11 is 0. The van der Waals surface area contributed by atoms with Crippen molar-refractivity contribution < 1.29 is 8.42 Å². The summed E-state index contributed by atoms with van der Waals surface area (Å²) < 4.78 is 22.9. The molecule has 0 atom stereocenters. The molecule has 0 aromatic rings. The highest BCUT2D eigenvalue weighted by atomic mass is 32.2. The zero-order valence-electron chi connectivity index (χ0n) is 6.38. The van der Waals surface area contributed by atoms with Gasteiger partial charge in [-0.15, -0.1) is 0 Å². The Bertz CT molecular complexity index is 255. The fourth-order valence-electron chi connectivity index (χ4n) is 0.411. The summed E-state index contributed by atoms with van der Waals surface area (Å²) in [7, 11) is -3.80. The van der Waals surface area contributed by atoms with E-state index in [9.17, 15) is 8.42 Å². The molecule has 66 valence electrons. The molecule has 0 saturated heterocycles. The molecular weight excluding hydrogens is 168 g/mol. The molecule has 7 heteroatoms. The van der Waals surface area contributed by atoms with Crippen LogP contribution in [0, 0.1) is 5.41 Å². The molecule has 0 amide bonds. The van der Waals surface area contributed by atoms with Gasteiger partial charge in [-0.25, -0.2) is 5.14 Å². The first-order valence-electron chi connectivity index (χ1n) is 2.81. The summed E-state index contributed by atoms with van der Waals surface area (Å²) in [5.74, 6) is -0.286. The van der Waals surface area contributed by atoms with Crippen LogP contribution in [0.25, 0.3) is 0 Å². The van der Waals surface area contributed by atoms with E-state index in [-0.39, 0.29) is 5.84 Å². The van der Waals surface area contributed by atoms with Crippen molar-refractivity contribution in [3.8, 4) is 0 Å². The monoisotopic (exact) mass is 180 g/mol. The van der Waals surface area contributed by atoms with E-state index in [1.165, 1.54) is 13.8 Å². The van der Waals surface area contributed by atoms with E-state index in [4.69, 9.17) is 11.1 Å². The van der Waals surface area contributed by atoms with Crippen LogP contribution < -0.4 is 15.6 Å². The zero-order valence-corrected chi connectivity index (χ0v) is 7.20. The highest BCUT2D eigenvalue weighted by Gasteiger charge is 2.25. The van der Waals surface area contributed by atoms with Crippen LogP contribution in [0.1, 0.15) is 13.8 Å². The van der Waals surface area contributed by atoms with Crippen LogP contribution in [0.15, 0.2) is 0 Å². The third-order valence-electron chi connectivity index (χ3n) is 1.07. The second-order valence-electron chi connectivity index (χ2n) is 2.69. The quantitative estimate of drug-likeness (QED) is 0.312. The minimum atomic E-state index is -3.80. The van der Waals surface area contributed by atoms with Crippen LogP contribution in [-0.4, -0.2) is 19.8 Å². The van der Waals surface area contributed by atoms with E-state index in [0.29, 0.717) is 0 Å². The van der Waals surface area contributed by atoms with Gasteiger partial charge in [0.1, 0.15) is 5.84 Å². The van der Waals surface area contributed by atoms with Gasteiger partial charge in [-0.3, -0.25) is 5.41 Å². The maximum absolute atomic E-state index is 10.5. The Kier molecular flexibility index (Phi) is 2.60. The molecule has 6 nitrogen and oxygen atoms in total. The minimum absolute atomic E-state index is 0.286. The molecule has 0 aliphatic rings. The zero-order chi connectivity index (χ0) is 9.28. The molecule has 0 radical (unpaired) electrons. The Labute approximate surface area is 65.6 Å². The molecule has 0 aromatic heterocycles. The van der Waals surface area contributed by atoms with Crippen LogP contribution in [0.4, 0.5) is 0 Å². The number of rotatable bonds is 3. The maximum Gasteiger partial charge on any atom is 0.275 e. The highest BCUT2D eigenvalue weighted by Crippen LogP contribution is 2.00. The molecule has 0 heterocycles. The SMILES string of the molecule is CC(C)(NS(N)(=O)=O)C(=N)N. The molecule has 6 N–H and O–H groups in total. The van der Waals surface area contributed by atoms with Crippen LogP contribution in [-0.2, 0) is 10.2 Å². The van der Waals surface area contributed by atoms with Gasteiger partial charge in [-0.1, -0.05) is 0 Å². The van der Waals surface area contributed by atoms with E-state index >= 15 is 0 Å². The maximum atomic E-state index is 10.5. The lowest BCUT2D eigenvalue weighted by Gasteiger charge is -2.22. The fraction of sp³-hybridized carbons (Fsp3) is 0.750. The number of nitrogens with one attached hydrogen (secondary N) is 2. The average Bonchev–Trinajstić information content (AvgIpc) is 1.56. The lowest BCUT2D eigenvalue weighted by atomic mass is 10.1. The number of amidine groups is 1. The molecule has 0 aliphatic carbocycles. The molecule has 0 aliphatic heterocycles. The Morgan fingerprint density at radius 2 is 1.91 bits per heavy atom. The summed E-state index contributed by atoms with van der Waals surface area (Å²) in [5, 5.41) is 11.6. The van der Waals surface area contributed by atoms with Gasteiger partial charge in [0.15, 0.2) is 0 Å². The summed E-state index contributed by atoms with van der Waals surface area (Å²) in [6.45, 7) is 2.89. The van der Waals surface area contributed by atoms with Crippen molar-refractivity contribution in [2.24, 2.45) is 10.9 Å². The Balaban J connectivity index is 4.51. The fourth-order valence-corrected chi connectivity index (χ4v) is 1.23. The summed E-state index contributed by atoms with van der Waals surface area (Å²) in [4.78, 5) is 0. The molecule has 0 aromatic carbocycles. The molecule has 0 fully saturated rings. The Morgan fingerprint density at radius 3 is 2.00 bits per heavy atom. The van der Waals surface area contributed by atoms with Crippen molar-refractivity contribution in [2.75, 3.05) is 0 Å². The first-order valence-corrected chi connectivity index (χ1v) is 4.36. The third kappa shape index (κ3) is 3.91. The Morgan fingerprint density at radius 1 is 1.55 bits per heavy atom. The Hall–Kier alpha value is -0.660. The van der Waals surface area contributed by atoms with Gasteiger partial charge in [0.25, 0.3) is 10.2 Å². The molecule has 0 spiro atoms. The smallest absolute Gasteiger partial charge is 0.275 e. The van der Waals surface area contributed by atoms with Crippen molar-refractivity contribution in [1.29, 1.82) is 5.41 Å². The molecule has 0 rings (SSSR count). The van der Waals surface area contributed by atoms with Crippen molar-refractivity contribution in [3.05, 3.63) is 0 Å². The first-order chi connectivity index (χ1) is 4.65. The van der Waals surface area contributed by atoms with Gasteiger partial charge < -0.3 is 5.73 Å². The van der Waals surface area contributed by atoms with Crippen molar-refractivity contribution in [3.63, 3.8) is 0 Å². The van der Waals surface area contributed by atoms with Gasteiger partial charge in [0.05, 0.1) is 5.54 Å². The van der Waals surface area contributed by atoms with Gasteiger partial charge in [-0.2, -0.15) is 13.1 Å². The third-order valence-corrected chi connectivity index (χ3v) is 1.87. The topological polar surface area (TPSA) is 122 Å². The largest absolute Gasteiger partial charge is 0.386 e. The van der Waals surface area contributed by atoms with Gasteiger partial charge in [0, 0.05) is 0 Å². The van der Waals surface area contributed by atoms with E-state index in [1.54, 1.807) is 0 Å². The van der Waals surface area contributed by atoms with Crippen LogP contribution in [0.3, 0.4) is 0 Å². The number of nitrogens with two attached hydrogens (primary N) is 2. The predicted octanol–water partition coefficient (Wildman–Crippen LogP) is -1.51. The molecule has 0 unspecified atom stereocenters. The van der Waals surface area contributed by atoms with Crippen LogP contribution in [0.2, 0.25) is 0 Å².